The minimum atomic E-state index is -1.18. The van der Waals surface area contributed by atoms with E-state index in [1.54, 1.807) is 28.0 Å². The van der Waals surface area contributed by atoms with Gasteiger partial charge in [0.1, 0.15) is 0 Å². The van der Waals surface area contributed by atoms with Crippen LogP contribution in [0.2, 0.25) is 0 Å². The lowest BCUT2D eigenvalue weighted by atomic mass is 9.71. The van der Waals surface area contributed by atoms with Crippen LogP contribution in [-0.4, -0.2) is 4.57 Å². The SMILES string of the molecule is [2H]c1c([2H])c([2H])c(-c2c([2H])c([2H])c([2H])c(-c3c([2H])c([2H])c([2H])c([2H])c3[2H])c2N2c3ccc(C4c5ccccc5Cc5ccccc54)cc3C3c4ccc(-n5c6ccc(C(C)(C)C)cc6c6cc(C(C)(C)C)ccc65)cc4N(c4c(-c5c([2H])c([2H])c([2H])c([2H])c5[2H])c([2H])c([2H])c([2H])c4-c4c([2H])c([2H])c([2H])c([2H])c4[2H])c4cc(C(C)(C)C)cc2c43)c([2H])c1[2H]. The Kier molecular flexibility index (Phi) is 8.75. The second-order valence-corrected chi connectivity index (χ2v) is 28.1. The number of anilines is 6. The second kappa shape index (κ2) is 22.5. The molecule has 466 valence electrons. The summed E-state index contributed by atoms with van der Waals surface area (Å²) in [5.74, 6) is -1.73. The number of benzene rings is 13. The van der Waals surface area contributed by atoms with E-state index in [4.69, 9.17) is 5.48 Å². The Morgan fingerprint density at radius 1 is 0.333 bits per heavy atom. The summed E-state index contributed by atoms with van der Waals surface area (Å²) in [6.45, 7) is 18.4. The molecule has 14 aromatic rings. The third-order valence-corrected chi connectivity index (χ3v) is 19.3. The van der Waals surface area contributed by atoms with Crippen molar-refractivity contribution in [2.45, 2.75) is 96.8 Å². The van der Waals surface area contributed by atoms with Crippen LogP contribution in [-0.2, 0) is 22.7 Å². The summed E-state index contributed by atoms with van der Waals surface area (Å²) >= 11 is 0. The smallest absolute Gasteiger partial charge is 0.0630 e. The quantitative estimate of drug-likeness (QED) is 0.150. The fourth-order valence-electron chi connectivity index (χ4n) is 14.6. The van der Waals surface area contributed by atoms with Gasteiger partial charge in [0.25, 0.3) is 0 Å². The molecule has 0 radical (unpaired) electrons. The topological polar surface area (TPSA) is 11.4 Å². The van der Waals surface area contributed by atoms with E-state index in [2.05, 4.69) is 94.6 Å². The van der Waals surface area contributed by atoms with Crippen LogP contribution in [0.5, 0.6) is 0 Å². The molecule has 1 aromatic heterocycles. The summed E-state index contributed by atoms with van der Waals surface area (Å²) < 4.78 is 254. The van der Waals surface area contributed by atoms with E-state index in [-0.39, 0.29) is 39.1 Å². The molecule has 13 aromatic carbocycles. The van der Waals surface area contributed by atoms with Crippen LogP contribution < -0.4 is 9.80 Å². The predicted octanol–water partition coefficient (Wildman–Crippen LogP) is 25.2. The van der Waals surface area contributed by atoms with E-state index in [9.17, 15) is 30.2 Å². The zero-order valence-corrected chi connectivity index (χ0v) is 54.4. The van der Waals surface area contributed by atoms with Gasteiger partial charge in [0, 0.05) is 56.1 Å². The van der Waals surface area contributed by atoms with Crippen LogP contribution in [0.25, 0.3) is 72.0 Å². The number of hydrogen-bond donors (Lipinski definition) is 0. The number of fused-ring (bicyclic) bond motifs is 9. The zero-order chi connectivity index (χ0) is 88.0. The van der Waals surface area contributed by atoms with Gasteiger partial charge in [-0.05, 0) is 155 Å². The van der Waals surface area contributed by atoms with Crippen LogP contribution in [0, 0.1) is 0 Å². The molecule has 0 bridgehead atoms. The van der Waals surface area contributed by atoms with Crippen molar-refractivity contribution in [3.8, 4) is 50.2 Å². The lowest BCUT2D eigenvalue weighted by molar-refractivity contribution is 0.589. The van der Waals surface area contributed by atoms with Crippen LogP contribution >= 0.6 is 0 Å². The van der Waals surface area contributed by atoms with Gasteiger partial charge in [0.2, 0.25) is 0 Å². The van der Waals surface area contributed by atoms with Gasteiger partial charge in [-0.15, -0.1) is 0 Å². The monoisotopic (exact) mass is 1260 g/mol. The summed E-state index contributed by atoms with van der Waals surface area (Å²) in [6.07, 6.45) is 0.567. The molecular weight excluding hydrogens is 1160 g/mol. The maximum absolute atomic E-state index is 10.5. The van der Waals surface area contributed by atoms with Crippen molar-refractivity contribution in [1.82, 2.24) is 4.57 Å². The summed E-state index contributed by atoms with van der Waals surface area (Å²) in [4.78, 5) is 3.12. The van der Waals surface area contributed by atoms with Gasteiger partial charge in [0.05, 0.1) is 80.8 Å². The molecule has 96 heavy (non-hydrogen) atoms. The highest BCUT2D eigenvalue weighted by Gasteiger charge is 2.45. The Balaban J connectivity index is 1.15. The van der Waals surface area contributed by atoms with Gasteiger partial charge in [-0.1, -0.05) is 298 Å². The number of para-hydroxylation sites is 2. The first kappa shape index (κ1) is 37.4. The number of rotatable bonds is 8. The first-order valence-corrected chi connectivity index (χ1v) is 32.2. The Hall–Kier alpha value is -10.7. The predicted molar refractivity (Wildman–Crippen MR) is 406 cm³/mol. The highest BCUT2D eigenvalue weighted by Crippen LogP contribution is 2.65. The van der Waals surface area contributed by atoms with Crippen molar-refractivity contribution in [2.24, 2.45) is 0 Å². The van der Waals surface area contributed by atoms with Crippen LogP contribution in [0.15, 0.2) is 291 Å². The standard InChI is InChI=1S/C93H79N3/c1-91(2,3)66-45-50-80-77(54-66)78-55-67(92(4,5)6)46-51-81(78)94(80)69-47-48-76-83(58-69)96(90-74(61-32-18-12-19-33-61)42-27-43-75(90)62-34-20-13-21-35-62)85-57-68(93(7,8)9)56-84-88(85)87(76)79-53-65(86-70-38-24-22-36-63(70)52-64-37-23-25-39-71(64)86)44-49-82(79)95(84)89-72(59-28-14-10-15-29-59)40-26-41-73(89)60-30-16-11-17-31-60/h10-51,53-58,86-87H,52H2,1-9H3/i10D,11D,12D,13D,14D,15D,16D,17D,18D,19D,20D,21D,26D,27D,28D,29D,30D,31D,32D,33D,34D,35D,40D,41D,42D,43D. The molecule has 3 heterocycles. The Labute approximate surface area is 602 Å². The molecule has 0 amide bonds. The minimum Gasteiger partial charge on any atom is -0.309 e. The molecule has 0 saturated carbocycles. The van der Waals surface area contributed by atoms with Gasteiger partial charge >= 0.3 is 0 Å². The molecule has 3 heteroatoms. The number of nitrogens with zero attached hydrogens (tertiary/aromatic N) is 3. The molecule has 0 fully saturated rings. The third kappa shape index (κ3) is 9.68. The van der Waals surface area contributed by atoms with E-state index in [0.29, 0.717) is 34.4 Å². The molecular formula is C93H79N3. The molecule has 3 aliphatic rings. The van der Waals surface area contributed by atoms with Crippen LogP contribution in [0.4, 0.5) is 34.1 Å². The van der Waals surface area contributed by atoms with Crippen molar-refractivity contribution in [1.29, 1.82) is 0 Å². The highest BCUT2D eigenvalue weighted by molar-refractivity contribution is 6.11. The molecule has 1 unspecified atom stereocenters. The number of aromatic nitrogens is 1. The summed E-state index contributed by atoms with van der Waals surface area (Å²) in [5.41, 5.74) is 2.29. The van der Waals surface area contributed by atoms with Gasteiger partial charge in [0.15, 0.2) is 0 Å². The average molecular weight is 1260 g/mol. The van der Waals surface area contributed by atoms with Gasteiger partial charge in [-0.2, -0.15) is 0 Å². The molecule has 0 saturated heterocycles. The van der Waals surface area contributed by atoms with E-state index in [0.717, 1.165) is 55.2 Å². The Morgan fingerprint density at radius 2 is 0.760 bits per heavy atom. The van der Waals surface area contributed by atoms with E-state index in [1.807, 2.05) is 87.5 Å². The van der Waals surface area contributed by atoms with E-state index >= 15 is 0 Å². The summed E-state index contributed by atoms with van der Waals surface area (Å²) in [6, 6.07) is 20.4. The van der Waals surface area contributed by atoms with Crippen molar-refractivity contribution in [2.75, 3.05) is 9.80 Å². The fourth-order valence-corrected chi connectivity index (χ4v) is 14.6. The van der Waals surface area contributed by atoms with Crippen LogP contribution in [0.3, 0.4) is 0 Å². The molecule has 0 spiro atoms. The Morgan fingerprint density at radius 3 is 1.20 bits per heavy atom. The van der Waals surface area contributed by atoms with Crippen molar-refractivity contribution in [3.05, 3.63) is 352 Å². The Bertz CT molecular complexity index is 6620. The highest BCUT2D eigenvalue weighted by atomic mass is 15.2. The summed E-state index contributed by atoms with van der Waals surface area (Å²) in [5, 5.41) is 1.76. The maximum Gasteiger partial charge on any atom is 0.0630 e. The maximum atomic E-state index is 10.5. The van der Waals surface area contributed by atoms with Crippen LogP contribution in [0.1, 0.15) is 171 Å². The first-order chi connectivity index (χ1) is 57.3. The number of hydrogen-bond acceptors (Lipinski definition) is 2. The molecule has 17 rings (SSSR count). The lowest BCUT2D eigenvalue weighted by Crippen LogP contribution is -2.31. The lowest BCUT2D eigenvalue weighted by Gasteiger charge is -2.47. The molecule has 1 atom stereocenters. The third-order valence-electron chi connectivity index (χ3n) is 19.3. The first-order valence-electron chi connectivity index (χ1n) is 45.2. The van der Waals surface area contributed by atoms with Gasteiger partial charge in [-0.25, -0.2) is 0 Å². The summed E-state index contributed by atoms with van der Waals surface area (Å²) in [7, 11) is 0. The van der Waals surface area contributed by atoms with E-state index < -0.39 is 230 Å². The largest absolute Gasteiger partial charge is 0.309 e. The molecule has 0 N–H and O–H groups in total. The average Bonchev–Trinajstić information content (AvgIpc) is 0.762. The van der Waals surface area contributed by atoms with Gasteiger partial charge in [-0.3, -0.25) is 0 Å². The normalized spacial score (nSPS) is 18.1. The molecule has 2 aliphatic heterocycles. The minimum absolute atomic E-state index is 0.0325. The molecule has 1 aliphatic carbocycles. The van der Waals surface area contributed by atoms with Crippen molar-refractivity contribution < 1.29 is 35.6 Å². The zero-order valence-electron chi connectivity index (χ0n) is 80.4. The molecule has 3 nitrogen and oxygen atoms in total. The van der Waals surface area contributed by atoms with E-state index in [1.165, 1.54) is 0 Å². The fraction of sp³-hybridized carbons (Fsp3) is 0.161. The van der Waals surface area contributed by atoms with Gasteiger partial charge < -0.3 is 14.4 Å². The van der Waals surface area contributed by atoms with Crippen molar-refractivity contribution in [3.63, 3.8) is 0 Å². The van der Waals surface area contributed by atoms with Crippen molar-refractivity contribution >= 4 is 55.9 Å². The second-order valence-electron chi connectivity index (χ2n) is 28.1.